The molecule has 102 valence electrons. The van der Waals surface area contributed by atoms with E-state index in [2.05, 4.69) is 31.8 Å². The Morgan fingerprint density at radius 1 is 1.10 bits per heavy atom. The highest BCUT2D eigenvalue weighted by Gasteiger charge is 2.03. The zero-order chi connectivity index (χ0) is 14.5. The van der Waals surface area contributed by atoms with Crippen molar-refractivity contribution in [1.82, 2.24) is 20.4 Å². The van der Waals surface area contributed by atoms with Crippen LogP contribution >= 0.6 is 0 Å². The molecule has 0 aliphatic rings. The van der Waals surface area contributed by atoms with Crippen molar-refractivity contribution in [3.05, 3.63) is 59.9 Å². The Bertz CT molecular complexity index is 756. The van der Waals surface area contributed by atoms with E-state index >= 15 is 0 Å². The molecule has 0 radical (unpaired) electrons. The van der Waals surface area contributed by atoms with Crippen LogP contribution in [0.1, 0.15) is 11.1 Å². The molecule has 6 nitrogen and oxygen atoms in total. The molecular formula is C15H12N6. The van der Waals surface area contributed by atoms with Crippen LogP contribution in [0.4, 0.5) is 5.82 Å². The van der Waals surface area contributed by atoms with E-state index < -0.39 is 0 Å². The van der Waals surface area contributed by atoms with Gasteiger partial charge in [-0.1, -0.05) is 24.3 Å². The first-order valence-corrected chi connectivity index (χ1v) is 6.41. The summed E-state index contributed by atoms with van der Waals surface area (Å²) in [5, 5.41) is 26.7. The monoisotopic (exact) mass is 276 g/mol. The first kappa shape index (κ1) is 12.8. The molecule has 2 heterocycles. The Hall–Kier alpha value is -3.20. The number of aromatic nitrogens is 4. The van der Waals surface area contributed by atoms with Gasteiger partial charge in [0.15, 0.2) is 5.82 Å². The van der Waals surface area contributed by atoms with Crippen molar-refractivity contribution in [3.8, 4) is 17.3 Å². The average Bonchev–Trinajstić information content (AvgIpc) is 3.08. The Kier molecular flexibility index (Phi) is 3.56. The summed E-state index contributed by atoms with van der Waals surface area (Å²) < 4.78 is 0. The van der Waals surface area contributed by atoms with E-state index in [-0.39, 0.29) is 0 Å². The number of hydrogen-bond acceptors (Lipinski definition) is 5. The summed E-state index contributed by atoms with van der Waals surface area (Å²) in [7, 11) is 0. The van der Waals surface area contributed by atoms with E-state index in [1.54, 1.807) is 12.3 Å². The highest BCUT2D eigenvalue weighted by Crippen LogP contribution is 2.17. The maximum absolute atomic E-state index is 8.99. The second-order valence-corrected chi connectivity index (χ2v) is 4.43. The molecule has 0 fully saturated rings. The minimum Gasteiger partial charge on any atom is -0.363 e. The fourth-order valence-electron chi connectivity index (χ4n) is 1.96. The van der Waals surface area contributed by atoms with Crippen LogP contribution in [-0.4, -0.2) is 20.4 Å². The predicted octanol–water partition coefficient (Wildman–Crippen LogP) is 2.35. The van der Waals surface area contributed by atoms with Gasteiger partial charge >= 0.3 is 0 Å². The summed E-state index contributed by atoms with van der Waals surface area (Å²) in [6.45, 7) is 0.580. The fraction of sp³-hybridized carbons (Fsp3) is 0.0667. The summed E-state index contributed by atoms with van der Waals surface area (Å²) in [5.41, 5.74) is 3.63. The summed E-state index contributed by atoms with van der Waals surface area (Å²) in [5.74, 6) is 0.498. The highest BCUT2D eigenvalue weighted by atomic mass is 15.2. The van der Waals surface area contributed by atoms with Crippen molar-refractivity contribution in [2.45, 2.75) is 6.54 Å². The van der Waals surface area contributed by atoms with Crippen molar-refractivity contribution in [1.29, 1.82) is 5.26 Å². The third-order valence-electron chi connectivity index (χ3n) is 3.07. The van der Waals surface area contributed by atoms with Crippen LogP contribution in [0.2, 0.25) is 0 Å². The maximum Gasteiger partial charge on any atom is 0.166 e. The van der Waals surface area contributed by atoms with E-state index in [9.17, 15) is 0 Å². The fourth-order valence-corrected chi connectivity index (χ4v) is 1.96. The molecule has 1 aromatic carbocycles. The van der Waals surface area contributed by atoms with E-state index in [0.717, 1.165) is 16.8 Å². The normalized spacial score (nSPS) is 10.0. The number of nitrogens with zero attached hydrogens (tertiary/aromatic N) is 4. The third-order valence-corrected chi connectivity index (χ3v) is 3.07. The van der Waals surface area contributed by atoms with Gasteiger partial charge in [0.1, 0.15) is 6.07 Å². The smallest absolute Gasteiger partial charge is 0.166 e. The lowest BCUT2D eigenvalue weighted by Gasteiger charge is -2.06. The summed E-state index contributed by atoms with van der Waals surface area (Å²) in [6.07, 6.45) is 3.23. The largest absolute Gasteiger partial charge is 0.363 e. The first-order valence-electron chi connectivity index (χ1n) is 6.41. The standard InChI is InChI=1S/C15H12N6/c16-9-13-5-7-19-21-15(13)17-10-11-1-3-12(4-2-11)14-6-8-18-20-14/h1-8H,10H2,(H,17,21)(H,18,20). The van der Waals surface area contributed by atoms with Gasteiger partial charge in [-0.15, -0.1) is 5.10 Å². The van der Waals surface area contributed by atoms with Crippen molar-refractivity contribution >= 4 is 5.82 Å². The summed E-state index contributed by atoms with van der Waals surface area (Å²) in [4.78, 5) is 0. The molecule has 0 aliphatic heterocycles. The van der Waals surface area contributed by atoms with Crippen molar-refractivity contribution in [2.75, 3.05) is 5.32 Å². The van der Waals surface area contributed by atoms with Gasteiger partial charge in [0, 0.05) is 12.7 Å². The molecule has 2 N–H and O–H groups in total. The van der Waals surface area contributed by atoms with Gasteiger partial charge in [0.2, 0.25) is 0 Å². The second-order valence-electron chi connectivity index (χ2n) is 4.43. The number of nitrogens with one attached hydrogen (secondary N) is 2. The minimum absolute atomic E-state index is 0.485. The lowest BCUT2D eigenvalue weighted by Crippen LogP contribution is -2.04. The Balaban J connectivity index is 1.70. The molecule has 0 amide bonds. The second kappa shape index (κ2) is 5.84. The van der Waals surface area contributed by atoms with Crippen LogP contribution in [0.3, 0.4) is 0 Å². The minimum atomic E-state index is 0.485. The van der Waals surface area contributed by atoms with Crippen LogP contribution in [0, 0.1) is 11.3 Å². The third kappa shape index (κ3) is 2.87. The van der Waals surface area contributed by atoms with Crippen molar-refractivity contribution < 1.29 is 0 Å². The molecule has 0 spiro atoms. The van der Waals surface area contributed by atoms with Crippen LogP contribution in [0.25, 0.3) is 11.3 Å². The molecule has 6 heteroatoms. The predicted molar refractivity (Wildman–Crippen MR) is 78.1 cm³/mol. The highest BCUT2D eigenvalue weighted by molar-refractivity contribution is 5.59. The average molecular weight is 276 g/mol. The Morgan fingerprint density at radius 2 is 1.95 bits per heavy atom. The van der Waals surface area contributed by atoms with Gasteiger partial charge in [-0.05, 0) is 23.3 Å². The van der Waals surface area contributed by atoms with E-state index in [4.69, 9.17) is 5.26 Å². The lowest BCUT2D eigenvalue weighted by molar-refractivity contribution is 0.994. The van der Waals surface area contributed by atoms with Gasteiger partial charge in [0.05, 0.1) is 17.5 Å². The number of nitriles is 1. The molecule has 0 unspecified atom stereocenters. The van der Waals surface area contributed by atoms with Crippen LogP contribution in [0.15, 0.2) is 48.8 Å². The number of aromatic amines is 1. The molecule has 0 bridgehead atoms. The summed E-state index contributed by atoms with van der Waals surface area (Å²) in [6, 6.07) is 13.7. The molecular weight excluding hydrogens is 264 g/mol. The van der Waals surface area contributed by atoms with E-state index in [1.165, 1.54) is 6.20 Å². The molecule has 0 saturated heterocycles. The molecule has 3 rings (SSSR count). The van der Waals surface area contributed by atoms with E-state index in [1.807, 2.05) is 30.3 Å². The molecule has 0 aliphatic carbocycles. The number of anilines is 1. The maximum atomic E-state index is 8.99. The van der Waals surface area contributed by atoms with Crippen LogP contribution < -0.4 is 5.32 Å². The van der Waals surface area contributed by atoms with Crippen LogP contribution in [0.5, 0.6) is 0 Å². The van der Waals surface area contributed by atoms with Crippen molar-refractivity contribution in [3.63, 3.8) is 0 Å². The zero-order valence-electron chi connectivity index (χ0n) is 11.1. The number of rotatable bonds is 4. The molecule has 2 aromatic heterocycles. The van der Waals surface area contributed by atoms with E-state index in [0.29, 0.717) is 17.9 Å². The number of benzene rings is 1. The topological polar surface area (TPSA) is 90.3 Å². The van der Waals surface area contributed by atoms with Crippen molar-refractivity contribution in [2.24, 2.45) is 0 Å². The Labute approximate surface area is 121 Å². The van der Waals surface area contributed by atoms with Gasteiger partial charge in [-0.2, -0.15) is 15.5 Å². The van der Waals surface area contributed by atoms with Gasteiger partial charge in [-0.3, -0.25) is 5.10 Å². The van der Waals surface area contributed by atoms with Gasteiger partial charge < -0.3 is 5.32 Å². The number of H-pyrrole nitrogens is 1. The summed E-state index contributed by atoms with van der Waals surface area (Å²) >= 11 is 0. The van der Waals surface area contributed by atoms with Crippen LogP contribution in [-0.2, 0) is 6.54 Å². The van der Waals surface area contributed by atoms with Gasteiger partial charge in [-0.25, -0.2) is 0 Å². The number of hydrogen-bond donors (Lipinski definition) is 2. The SMILES string of the molecule is N#Cc1ccnnc1NCc1ccc(-c2ccn[nH]2)cc1. The molecule has 21 heavy (non-hydrogen) atoms. The zero-order valence-corrected chi connectivity index (χ0v) is 11.1. The lowest BCUT2D eigenvalue weighted by atomic mass is 10.1. The molecule has 0 saturated carbocycles. The molecule has 0 atom stereocenters. The molecule has 3 aromatic rings. The quantitative estimate of drug-likeness (QED) is 0.763. The Morgan fingerprint density at radius 3 is 2.67 bits per heavy atom. The van der Waals surface area contributed by atoms with Gasteiger partial charge in [0.25, 0.3) is 0 Å². The first-order chi connectivity index (χ1) is 10.4.